The summed E-state index contributed by atoms with van der Waals surface area (Å²) >= 11 is 0. The van der Waals surface area contributed by atoms with Crippen LogP contribution in [0.1, 0.15) is 59.8 Å². The first-order valence-corrected chi connectivity index (χ1v) is 6.42. The van der Waals surface area contributed by atoms with Crippen molar-refractivity contribution in [3.05, 3.63) is 0 Å². The van der Waals surface area contributed by atoms with Crippen LogP contribution in [0.4, 0.5) is 0 Å². The van der Waals surface area contributed by atoms with Crippen LogP contribution in [0.5, 0.6) is 0 Å². The number of ketones is 1. The van der Waals surface area contributed by atoms with E-state index in [-0.39, 0.29) is 5.41 Å². The van der Waals surface area contributed by atoms with Gasteiger partial charge in [0.15, 0.2) is 0 Å². The quantitative estimate of drug-likeness (QED) is 0.591. The Labute approximate surface area is 93.6 Å². The van der Waals surface area contributed by atoms with Gasteiger partial charge < -0.3 is 0 Å². The second kappa shape index (κ2) is 3.33. The van der Waals surface area contributed by atoms with E-state index < -0.39 is 0 Å². The van der Waals surface area contributed by atoms with Crippen LogP contribution in [0.3, 0.4) is 0 Å². The normalized spacial score (nSPS) is 44.9. The largest absolute Gasteiger partial charge is 0.299 e. The molecule has 0 N–H and O–H groups in total. The molecule has 0 aromatic heterocycles. The van der Waals surface area contributed by atoms with E-state index in [9.17, 15) is 4.79 Å². The van der Waals surface area contributed by atoms with Gasteiger partial charge in [-0.1, -0.05) is 34.1 Å². The van der Waals surface area contributed by atoms with Crippen molar-refractivity contribution in [2.45, 2.75) is 59.8 Å². The first-order chi connectivity index (χ1) is 6.88. The molecule has 2 fully saturated rings. The van der Waals surface area contributed by atoms with Gasteiger partial charge in [-0.05, 0) is 37.0 Å². The number of Topliss-reactive ketones (excluding diaryl/α,β-unsaturated/α-hetero) is 1. The molecule has 0 heterocycles. The van der Waals surface area contributed by atoms with Crippen LogP contribution in [0, 0.1) is 22.7 Å². The molecular weight excluding hydrogens is 184 g/mol. The number of hydrogen-bond donors (Lipinski definition) is 0. The maximum Gasteiger partial charge on any atom is 0.141 e. The molecule has 15 heavy (non-hydrogen) atoms. The lowest BCUT2D eigenvalue weighted by Crippen LogP contribution is -2.51. The fourth-order valence-corrected chi connectivity index (χ4v) is 4.24. The molecular formula is C14H24O. The summed E-state index contributed by atoms with van der Waals surface area (Å²) in [6.07, 6.45) is 6.04. The Bertz CT molecular complexity index is 279. The van der Waals surface area contributed by atoms with E-state index in [0.717, 1.165) is 12.8 Å². The predicted octanol–water partition coefficient (Wildman–Crippen LogP) is 3.82. The molecule has 0 aliphatic heterocycles. The highest BCUT2D eigenvalue weighted by Gasteiger charge is 2.53. The molecule has 0 amide bonds. The van der Waals surface area contributed by atoms with Gasteiger partial charge in [-0.2, -0.15) is 0 Å². The highest BCUT2D eigenvalue weighted by molar-refractivity contribution is 5.87. The molecule has 1 nitrogen and oxygen atoms in total. The first-order valence-electron chi connectivity index (χ1n) is 6.42. The van der Waals surface area contributed by atoms with Crippen molar-refractivity contribution in [1.29, 1.82) is 0 Å². The SMILES string of the molecule is C[C@@H]1CC[C@H]2C(C)(C)CCC[C@]2(C)C1=O. The smallest absolute Gasteiger partial charge is 0.141 e. The minimum atomic E-state index is -0.000579. The monoisotopic (exact) mass is 208 g/mol. The number of rotatable bonds is 0. The summed E-state index contributed by atoms with van der Waals surface area (Å²) < 4.78 is 0. The fourth-order valence-electron chi connectivity index (χ4n) is 4.24. The second-order valence-electron chi connectivity index (χ2n) is 6.65. The van der Waals surface area contributed by atoms with Crippen molar-refractivity contribution in [2.24, 2.45) is 22.7 Å². The zero-order valence-electron chi connectivity index (χ0n) is 10.6. The zero-order valence-corrected chi connectivity index (χ0v) is 10.6. The van der Waals surface area contributed by atoms with Crippen LogP contribution in [0.2, 0.25) is 0 Å². The van der Waals surface area contributed by atoms with Crippen LogP contribution >= 0.6 is 0 Å². The van der Waals surface area contributed by atoms with Gasteiger partial charge in [-0.15, -0.1) is 0 Å². The van der Waals surface area contributed by atoms with Crippen molar-refractivity contribution in [3.63, 3.8) is 0 Å². The molecule has 0 aromatic rings. The Kier molecular flexibility index (Phi) is 2.48. The molecule has 2 saturated carbocycles. The van der Waals surface area contributed by atoms with E-state index in [1.54, 1.807) is 0 Å². The van der Waals surface area contributed by atoms with Crippen molar-refractivity contribution >= 4 is 5.78 Å². The minimum absolute atomic E-state index is 0.000579. The summed E-state index contributed by atoms with van der Waals surface area (Å²) in [6.45, 7) is 9.07. The molecule has 86 valence electrons. The van der Waals surface area contributed by atoms with Gasteiger partial charge in [0.25, 0.3) is 0 Å². The molecule has 0 aromatic carbocycles. The highest BCUT2D eigenvalue weighted by Crippen LogP contribution is 2.56. The van der Waals surface area contributed by atoms with Gasteiger partial charge in [0.05, 0.1) is 0 Å². The molecule has 0 unspecified atom stereocenters. The molecule has 1 heteroatoms. The van der Waals surface area contributed by atoms with Crippen molar-refractivity contribution in [2.75, 3.05) is 0 Å². The third-order valence-corrected chi connectivity index (χ3v) is 5.13. The first kappa shape index (κ1) is 11.2. The van der Waals surface area contributed by atoms with Gasteiger partial charge in [-0.3, -0.25) is 4.79 Å². The third kappa shape index (κ3) is 1.55. The van der Waals surface area contributed by atoms with Gasteiger partial charge in [0, 0.05) is 11.3 Å². The molecule has 0 saturated heterocycles. The molecule has 0 radical (unpaired) electrons. The van der Waals surface area contributed by atoms with Crippen LogP contribution in [0.25, 0.3) is 0 Å². The van der Waals surface area contributed by atoms with Gasteiger partial charge >= 0.3 is 0 Å². The zero-order chi connectivity index (χ0) is 11.3. The average Bonchev–Trinajstić information content (AvgIpc) is 2.12. The molecule has 3 atom stereocenters. The molecule has 2 rings (SSSR count). The number of carbonyl (C=O) groups excluding carboxylic acids is 1. The van der Waals surface area contributed by atoms with E-state index in [1.807, 2.05) is 0 Å². The number of hydrogen-bond acceptors (Lipinski definition) is 1. The molecule has 0 bridgehead atoms. The lowest BCUT2D eigenvalue weighted by molar-refractivity contribution is -0.148. The third-order valence-electron chi connectivity index (χ3n) is 5.13. The summed E-state index contributed by atoms with van der Waals surface area (Å²) in [5.74, 6) is 1.48. The van der Waals surface area contributed by atoms with Gasteiger partial charge in [0.2, 0.25) is 0 Å². The van der Waals surface area contributed by atoms with E-state index in [2.05, 4.69) is 27.7 Å². The maximum atomic E-state index is 12.4. The van der Waals surface area contributed by atoms with Crippen molar-refractivity contribution < 1.29 is 4.79 Å². The van der Waals surface area contributed by atoms with Crippen LogP contribution < -0.4 is 0 Å². The molecule has 2 aliphatic carbocycles. The van der Waals surface area contributed by atoms with Crippen LogP contribution in [-0.4, -0.2) is 5.78 Å². The van der Waals surface area contributed by atoms with Gasteiger partial charge in [-0.25, -0.2) is 0 Å². The van der Waals surface area contributed by atoms with Crippen LogP contribution in [0.15, 0.2) is 0 Å². The molecule has 2 aliphatic rings. The van der Waals surface area contributed by atoms with E-state index in [1.165, 1.54) is 19.3 Å². The number of fused-ring (bicyclic) bond motifs is 1. The number of carbonyl (C=O) groups is 1. The van der Waals surface area contributed by atoms with E-state index in [0.29, 0.717) is 23.0 Å². The van der Waals surface area contributed by atoms with E-state index >= 15 is 0 Å². The highest BCUT2D eigenvalue weighted by atomic mass is 16.1. The lowest BCUT2D eigenvalue weighted by Gasteiger charge is -2.53. The van der Waals surface area contributed by atoms with Gasteiger partial charge in [0.1, 0.15) is 5.78 Å². The summed E-state index contributed by atoms with van der Waals surface area (Å²) in [5, 5.41) is 0. The topological polar surface area (TPSA) is 17.1 Å². The lowest BCUT2D eigenvalue weighted by atomic mass is 9.50. The Hall–Kier alpha value is -0.330. The minimum Gasteiger partial charge on any atom is -0.299 e. The summed E-state index contributed by atoms with van der Waals surface area (Å²) in [5.41, 5.74) is 0.377. The predicted molar refractivity (Wildman–Crippen MR) is 62.6 cm³/mol. The summed E-state index contributed by atoms with van der Waals surface area (Å²) in [6, 6.07) is 0. The van der Waals surface area contributed by atoms with Crippen LogP contribution in [-0.2, 0) is 4.79 Å². The molecule has 0 spiro atoms. The fraction of sp³-hybridized carbons (Fsp3) is 0.929. The maximum absolute atomic E-state index is 12.4. The summed E-state index contributed by atoms with van der Waals surface area (Å²) in [4.78, 5) is 12.4. The van der Waals surface area contributed by atoms with E-state index in [4.69, 9.17) is 0 Å². The van der Waals surface area contributed by atoms with Crippen molar-refractivity contribution in [3.8, 4) is 0 Å². The summed E-state index contributed by atoms with van der Waals surface area (Å²) in [7, 11) is 0. The van der Waals surface area contributed by atoms with Crippen molar-refractivity contribution in [1.82, 2.24) is 0 Å². The Morgan fingerprint density at radius 3 is 2.47 bits per heavy atom. The Morgan fingerprint density at radius 1 is 1.13 bits per heavy atom. The average molecular weight is 208 g/mol. The second-order valence-corrected chi connectivity index (χ2v) is 6.65. The Morgan fingerprint density at radius 2 is 1.80 bits per heavy atom. The Balaban J connectivity index is 2.34. The standard InChI is InChI=1S/C14H24O/c1-10-6-7-11-13(2,3)8-5-9-14(11,4)12(10)15/h10-11H,5-9H2,1-4H3/t10-,11+,14+/m1/s1.